The van der Waals surface area contributed by atoms with Crippen LogP contribution in [0.1, 0.15) is 11.1 Å². The molecule has 0 nitrogen and oxygen atoms in total. The first kappa shape index (κ1) is 20.4. The molecule has 0 atom stereocenters. The molecule has 4 aromatic rings. The molecular formula is C22H22Li2Si. The van der Waals surface area contributed by atoms with Crippen molar-refractivity contribution in [1.29, 1.82) is 0 Å². The Morgan fingerprint density at radius 3 is 1.40 bits per heavy atom. The standard InChI is InChI=1S/C22H22Si.2Li/c1-15-13-17-9-5-7-11-19(17)21(15)23(3,4)22-16(2)14-18-10-6-8-12-20(18)22;;/h5-14H,1-4H3;;/q-2;2*+1. The van der Waals surface area contributed by atoms with Crippen molar-refractivity contribution in [2.75, 3.05) is 0 Å². The summed E-state index contributed by atoms with van der Waals surface area (Å²) >= 11 is 0. The first-order valence-corrected chi connectivity index (χ1v) is 11.3. The minimum atomic E-state index is -1.77. The van der Waals surface area contributed by atoms with Gasteiger partial charge in [-0.3, -0.25) is 0 Å². The SMILES string of the molecule is Cc1[cH-]c2ccccc2c1[Si](C)(C)c1c(C)[cH-]c2ccccc12.[Li+].[Li+]. The Balaban J connectivity index is 0.00000113. The average Bonchev–Trinajstić information content (AvgIpc) is 3.02. The van der Waals surface area contributed by atoms with Crippen LogP contribution in [-0.4, -0.2) is 8.07 Å². The molecule has 0 aliphatic rings. The van der Waals surface area contributed by atoms with Crippen LogP contribution in [0.3, 0.4) is 0 Å². The summed E-state index contributed by atoms with van der Waals surface area (Å²) in [5.74, 6) is 0. The van der Waals surface area contributed by atoms with E-state index in [1.54, 1.807) is 10.4 Å². The van der Waals surface area contributed by atoms with Crippen molar-refractivity contribution in [3.8, 4) is 0 Å². The quantitative estimate of drug-likeness (QED) is 0.323. The van der Waals surface area contributed by atoms with Gasteiger partial charge in [0.15, 0.2) is 0 Å². The van der Waals surface area contributed by atoms with Gasteiger partial charge in [-0.25, -0.2) is 0 Å². The number of rotatable bonds is 2. The van der Waals surface area contributed by atoms with E-state index in [0.717, 1.165) is 0 Å². The minimum absolute atomic E-state index is 0. The Morgan fingerprint density at radius 1 is 0.640 bits per heavy atom. The van der Waals surface area contributed by atoms with Crippen molar-refractivity contribution in [2.45, 2.75) is 26.9 Å². The molecule has 0 aliphatic heterocycles. The van der Waals surface area contributed by atoms with E-state index in [2.05, 4.69) is 87.6 Å². The molecule has 0 saturated carbocycles. The summed E-state index contributed by atoms with van der Waals surface area (Å²) < 4.78 is 0. The molecule has 0 radical (unpaired) electrons. The van der Waals surface area contributed by atoms with E-state index in [1.165, 1.54) is 32.7 Å². The van der Waals surface area contributed by atoms with Crippen LogP contribution in [0.15, 0.2) is 60.7 Å². The zero-order valence-electron chi connectivity index (χ0n) is 16.3. The molecule has 0 amide bonds. The van der Waals surface area contributed by atoms with E-state index < -0.39 is 8.07 Å². The van der Waals surface area contributed by atoms with Crippen molar-refractivity contribution in [2.24, 2.45) is 0 Å². The van der Waals surface area contributed by atoms with Crippen LogP contribution < -0.4 is 48.1 Å². The van der Waals surface area contributed by atoms with Crippen LogP contribution in [-0.2, 0) is 0 Å². The Kier molecular flexibility index (Phi) is 6.00. The predicted molar refractivity (Wildman–Crippen MR) is 105 cm³/mol. The minimum Gasteiger partial charge on any atom is -0.159 e. The zero-order chi connectivity index (χ0) is 16.2. The van der Waals surface area contributed by atoms with Crippen molar-refractivity contribution in [3.05, 3.63) is 71.8 Å². The topological polar surface area (TPSA) is 0 Å². The largest absolute Gasteiger partial charge is 1.00 e. The molecular weight excluding hydrogens is 306 g/mol. The van der Waals surface area contributed by atoms with Gasteiger partial charge in [0.25, 0.3) is 0 Å². The molecule has 4 aromatic carbocycles. The maximum Gasteiger partial charge on any atom is 1.00 e. The monoisotopic (exact) mass is 328 g/mol. The fourth-order valence-electron chi connectivity index (χ4n) is 4.52. The number of benzene rings is 2. The smallest absolute Gasteiger partial charge is 0.159 e. The molecule has 116 valence electrons. The molecule has 0 fully saturated rings. The third-order valence-electron chi connectivity index (χ3n) is 5.24. The summed E-state index contributed by atoms with van der Waals surface area (Å²) in [6.07, 6.45) is 0. The summed E-state index contributed by atoms with van der Waals surface area (Å²) in [6, 6.07) is 22.4. The van der Waals surface area contributed by atoms with Crippen molar-refractivity contribution >= 4 is 40.0 Å². The van der Waals surface area contributed by atoms with Crippen molar-refractivity contribution in [3.63, 3.8) is 0 Å². The molecule has 0 spiro atoms. The van der Waals surface area contributed by atoms with E-state index >= 15 is 0 Å². The summed E-state index contributed by atoms with van der Waals surface area (Å²) in [5, 5.41) is 8.88. The van der Waals surface area contributed by atoms with Gasteiger partial charge in [0.2, 0.25) is 0 Å². The van der Waals surface area contributed by atoms with Gasteiger partial charge in [0.05, 0.1) is 0 Å². The van der Waals surface area contributed by atoms with Gasteiger partial charge in [-0.2, -0.15) is 10.4 Å². The van der Waals surface area contributed by atoms with Gasteiger partial charge in [-0.15, -0.1) is 81.2 Å². The first-order chi connectivity index (χ1) is 11.0. The number of hydrogen-bond donors (Lipinski definition) is 0. The maximum absolute atomic E-state index is 2.51. The van der Waals surface area contributed by atoms with Crippen LogP contribution in [0.2, 0.25) is 13.1 Å². The maximum atomic E-state index is 2.51. The molecule has 0 heterocycles. The van der Waals surface area contributed by atoms with E-state index in [4.69, 9.17) is 0 Å². The molecule has 3 heteroatoms. The zero-order valence-corrected chi connectivity index (χ0v) is 17.3. The Bertz CT molecular complexity index is 939. The predicted octanol–water partition coefficient (Wildman–Crippen LogP) is -1.12. The van der Waals surface area contributed by atoms with Crippen molar-refractivity contribution in [1.82, 2.24) is 0 Å². The third-order valence-corrected chi connectivity index (χ3v) is 9.07. The second kappa shape index (κ2) is 7.36. The van der Waals surface area contributed by atoms with E-state index in [9.17, 15) is 0 Å². The van der Waals surface area contributed by atoms with E-state index in [-0.39, 0.29) is 37.7 Å². The second-order valence-corrected chi connectivity index (χ2v) is 11.5. The summed E-state index contributed by atoms with van der Waals surface area (Å²) in [6.45, 7) is 9.59. The van der Waals surface area contributed by atoms with Crippen LogP contribution in [0, 0.1) is 13.8 Å². The Morgan fingerprint density at radius 2 is 1.00 bits per heavy atom. The van der Waals surface area contributed by atoms with Gasteiger partial charge >= 0.3 is 37.7 Å². The number of hydrogen-bond acceptors (Lipinski definition) is 0. The Labute approximate surface area is 175 Å². The summed E-state index contributed by atoms with van der Waals surface area (Å²) in [4.78, 5) is 0. The van der Waals surface area contributed by atoms with Gasteiger partial charge in [-0.1, -0.05) is 39.1 Å². The molecule has 25 heavy (non-hydrogen) atoms. The summed E-state index contributed by atoms with van der Waals surface area (Å²) in [7, 11) is -1.77. The van der Waals surface area contributed by atoms with E-state index in [1.807, 2.05) is 0 Å². The molecule has 0 aromatic heterocycles. The summed E-state index contributed by atoms with van der Waals surface area (Å²) in [5.41, 5.74) is 2.90. The van der Waals surface area contributed by atoms with E-state index in [0.29, 0.717) is 0 Å². The fraction of sp³-hybridized carbons (Fsp3) is 0.182. The van der Waals surface area contributed by atoms with Crippen LogP contribution >= 0.6 is 0 Å². The van der Waals surface area contributed by atoms with Gasteiger partial charge in [0, 0.05) is 8.07 Å². The van der Waals surface area contributed by atoms with Crippen molar-refractivity contribution < 1.29 is 37.7 Å². The third kappa shape index (κ3) is 3.15. The molecule has 0 bridgehead atoms. The van der Waals surface area contributed by atoms with Crippen LogP contribution in [0.4, 0.5) is 0 Å². The normalized spacial score (nSPS) is 11.4. The molecule has 0 saturated heterocycles. The van der Waals surface area contributed by atoms with Gasteiger partial charge in [0.1, 0.15) is 0 Å². The fourth-order valence-corrected chi connectivity index (χ4v) is 8.69. The second-order valence-electron chi connectivity index (χ2n) is 7.20. The first-order valence-electron chi connectivity index (χ1n) is 8.31. The molecule has 4 rings (SSSR count). The molecule has 0 unspecified atom stereocenters. The molecule has 0 N–H and O–H groups in total. The number of fused-ring (bicyclic) bond motifs is 2. The van der Waals surface area contributed by atoms with Crippen LogP contribution in [0.25, 0.3) is 21.5 Å². The Hall–Kier alpha value is -0.928. The van der Waals surface area contributed by atoms with Crippen LogP contribution in [0.5, 0.6) is 0 Å². The average molecular weight is 328 g/mol. The molecule has 0 aliphatic carbocycles. The number of aryl methyl sites for hydroxylation is 2. The van der Waals surface area contributed by atoms with Gasteiger partial charge < -0.3 is 0 Å². The van der Waals surface area contributed by atoms with Gasteiger partial charge in [-0.05, 0) is 0 Å².